The Bertz CT molecular complexity index is 1030. The molecule has 0 unspecified atom stereocenters. The molecule has 0 N–H and O–H groups in total. The average molecular weight is 374 g/mol. The molecule has 1 amide bonds. The lowest BCUT2D eigenvalue weighted by Crippen LogP contribution is -2.36. The summed E-state index contributed by atoms with van der Waals surface area (Å²) in [6.07, 6.45) is 6.83. The third-order valence-corrected chi connectivity index (χ3v) is 5.45. The number of hydrogen-bond acceptors (Lipinski definition) is 5. The summed E-state index contributed by atoms with van der Waals surface area (Å²) in [6.45, 7) is 2.92. The zero-order valence-corrected chi connectivity index (χ0v) is 15.7. The van der Waals surface area contributed by atoms with Crippen molar-refractivity contribution in [3.8, 4) is 5.75 Å². The molecule has 0 spiro atoms. The quantitative estimate of drug-likeness (QED) is 0.683. The van der Waals surface area contributed by atoms with Crippen molar-refractivity contribution in [3.05, 3.63) is 54.4 Å². The van der Waals surface area contributed by atoms with Crippen molar-refractivity contribution in [1.82, 2.24) is 14.9 Å². The fraction of sp³-hybridized carbons (Fsp3) is 0.318. The second kappa shape index (κ2) is 7.11. The zero-order chi connectivity index (χ0) is 18.9. The molecule has 0 aliphatic carbocycles. The van der Waals surface area contributed by atoms with Crippen molar-refractivity contribution in [3.63, 3.8) is 0 Å². The first-order chi connectivity index (χ1) is 13.8. The van der Waals surface area contributed by atoms with Gasteiger partial charge in [0.1, 0.15) is 6.61 Å². The second-order valence-electron chi connectivity index (χ2n) is 7.28. The van der Waals surface area contributed by atoms with E-state index >= 15 is 0 Å². The van der Waals surface area contributed by atoms with Crippen LogP contribution in [0.15, 0.2) is 48.8 Å². The number of aromatic nitrogens is 2. The van der Waals surface area contributed by atoms with E-state index in [2.05, 4.69) is 33.1 Å². The van der Waals surface area contributed by atoms with E-state index in [4.69, 9.17) is 4.74 Å². The first-order valence-corrected chi connectivity index (χ1v) is 9.84. The van der Waals surface area contributed by atoms with Crippen molar-refractivity contribution in [2.24, 2.45) is 0 Å². The Morgan fingerprint density at radius 2 is 1.89 bits per heavy atom. The highest BCUT2D eigenvalue weighted by molar-refractivity contribution is 5.95. The summed E-state index contributed by atoms with van der Waals surface area (Å²) in [5.41, 5.74) is 2.62. The number of carbonyl (C=O) groups excluding carboxylic acids is 1. The molecule has 2 aliphatic heterocycles. The predicted molar refractivity (Wildman–Crippen MR) is 108 cm³/mol. The molecule has 2 aliphatic rings. The Kier molecular flexibility index (Phi) is 4.31. The van der Waals surface area contributed by atoms with Gasteiger partial charge in [0.2, 0.25) is 0 Å². The number of amides is 1. The SMILES string of the molecule is O=C(c1cnc2c(c1)OCCN2c1ccc2ncccc2c1)N1CCCCC1. The molecule has 0 atom stereocenters. The molecule has 142 valence electrons. The van der Waals surface area contributed by atoms with Gasteiger partial charge in [-0.2, -0.15) is 0 Å². The van der Waals surface area contributed by atoms with Gasteiger partial charge in [-0.15, -0.1) is 0 Å². The molecule has 5 rings (SSSR count). The van der Waals surface area contributed by atoms with Gasteiger partial charge < -0.3 is 14.5 Å². The van der Waals surface area contributed by atoms with Crippen LogP contribution in [0.3, 0.4) is 0 Å². The van der Waals surface area contributed by atoms with Crippen molar-refractivity contribution < 1.29 is 9.53 Å². The molecule has 0 radical (unpaired) electrons. The van der Waals surface area contributed by atoms with Crippen LogP contribution in [0.5, 0.6) is 5.75 Å². The molecule has 4 heterocycles. The molecule has 6 heteroatoms. The summed E-state index contributed by atoms with van der Waals surface area (Å²) in [6, 6.07) is 12.0. The van der Waals surface area contributed by atoms with Gasteiger partial charge in [0.25, 0.3) is 5.91 Å². The number of fused-ring (bicyclic) bond motifs is 2. The minimum Gasteiger partial charge on any atom is -0.488 e. The van der Waals surface area contributed by atoms with E-state index in [0.29, 0.717) is 24.5 Å². The van der Waals surface area contributed by atoms with Crippen molar-refractivity contribution in [2.45, 2.75) is 19.3 Å². The molecule has 0 bridgehead atoms. The summed E-state index contributed by atoms with van der Waals surface area (Å²) in [5.74, 6) is 1.47. The summed E-state index contributed by atoms with van der Waals surface area (Å²) in [4.78, 5) is 25.9. The first kappa shape index (κ1) is 17.0. The van der Waals surface area contributed by atoms with E-state index in [9.17, 15) is 4.79 Å². The Labute approximate surface area is 163 Å². The topological polar surface area (TPSA) is 58.6 Å². The van der Waals surface area contributed by atoms with E-state index in [1.54, 1.807) is 12.4 Å². The van der Waals surface area contributed by atoms with E-state index in [-0.39, 0.29) is 5.91 Å². The Balaban J connectivity index is 1.46. The standard InChI is InChI=1S/C22H22N4O2/c27-22(25-9-2-1-3-10-25)17-14-20-21(24-15-17)26(11-12-28-20)18-6-7-19-16(13-18)5-4-8-23-19/h4-8,13-15H,1-3,9-12H2. The Hall–Kier alpha value is -3.15. The van der Waals surface area contributed by atoms with Crippen LogP contribution < -0.4 is 9.64 Å². The zero-order valence-electron chi connectivity index (χ0n) is 15.7. The highest BCUT2D eigenvalue weighted by Gasteiger charge is 2.25. The summed E-state index contributed by atoms with van der Waals surface area (Å²) in [7, 11) is 0. The van der Waals surface area contributed by atoms with Gasteiger partial charge in [-0.1, -0.05) is 6.07 Å². The van der Waals surface area contributed by atoms with Gasteiger partial charge >= 0.3 is 0 Å². The van der Waals surface area contributed by atoms with Crippen LogP contribution in [-0.4, -0.2) is 47.0 Å². The van der Waals surface area contributed by atoms with E-state index in [1.165, 1.54) is 6.42 Å². The smallest absolute Gasteiger partial charge is 0.255 e. The third-order valence-electron chi connectivity index (χ3n) is 5.45. The van der Waals surface area contributed by atoms with Gasteiger partial charge in [-0.25, -0.2) is 4.98 Å². The van der Waals surface area contributed by atoms with Crippen LogP contribution in [0.1, 0.15) is 29.6 Å². The van der Waals surface area contributed by atoms with Gasteiger partial charge in [0.05, 0.1) is 17.6 Å². The number of nitrogens with zero attached hydrogens (tertiary/aromatic N) is 4. The normalized spacial score (nSPS) is 16.6. The number of anilines is 2. The molecule has 3 aromatic rings. The number of likely N-dealkylation sites (tertiary alicyclic amines) is 1. The van der Waals surface area contributed by atoms with E-state index in [0.717, 1.165) is 48.3 Å². The minimum atomic E-state index is 0.0486. The van der Waals surface area contributed by atoms with Crippen LogP contribution in [0.25, 0.3) is 10.9 Å². The lowest BCUT2D eigenvalue weighted by molar-refractivity contribution is 0.0723. The average Bonchev–Trinajstić information content (AvgIpc) is 2.78. The maximum Gasteiger partial charge on any atom is 0.255 e. The monoisotopic (exact) mass is 374 g/mol. The molecule has 2 aromatic heterocycles. The first-order valence-electron chi connectivity index (χ1n) is 9.84. The number of carbonyl (C=O) groups is 1. The minimum absolute atomic E-state index is 0.0486. The number of benzene rings is 1. The number of piperidine rings is 1. The maximum absolute atomic E-state index is 12.8. The largest absolute Gasteiger partial charge is 0.488 e. The molecular weight excluding hydrogens is 352 g/mol. The van der Waals surface area contributed by atoms with Crippen molar-refractivity contribution in [2.75, 3.05) is 31.1 Å². The van der Waals surface area contributed by atoms with Gasteiger partial charge in [0.15, 0.2) is 11.6 Å². The van der Waals surface area contributed by atoms with Crippen LogP contribution in [-0.2, 0) is 0 Å². The number of pyridine rings is 2. The van der Waals surface area contributed by atoms with E-state index in [1.807, 2.05) is 23.1 Å². The molecule has 1 aromatic carbocycles. The lowest BCUT2D eigenvalue weighted by atomic mass is 10.1. The van der Waals surface area contributed by atoms with Gasteiger partial charge in [-0.3, -0.25) is 9.78 Å². The number of rotatable bonds is 2. The number of hydrogen-bond donors (Lipinski definition) is 0. The second-order valence-corrected chi connectivity index (χ2v) is 7.28. The summed E-state index contributed by atoms with van der Waals surface area (Å²) in [5, 5.41) is 1.09. The fourth-order valence-electron chi connectivity index (χ4n) is 3.98. The van der Waals surface area contributed by atoms with Crippen molar-refractivity contribution >= 4 is 28.3 Å². The predicted octanol–water partition coefficient (Wildman–Crippen LogP) is 3.79. The van der Waals surface area contributed by atoms with Crippen LogP contribution in [0.2, 0.25) is 0 Å². The Morgan fingerprint density at radius 3 is 2.79 bits per heavy atom. The molecule has 1 fully saturated rings. The third kappa shape index (κ3) is 3.05. The highest BCUT2D eigenvalue weighted by atomic mass is 16.5. The summed E-state index contributed by atoms with van der Waals surface area (Å²) < 4.78 is 5.85. The maximum atomic E-state index is 12.8. The van der Waals surface area contributed by atoms with Crippen LogP contribution in [0.4, 0.5) is 11.5 Å². The van der Waals surface area contributed by atoms with Crippen LogP contribution in [0, 0.1) is 0 Å². The van der Waals surface area contributed by atoms with Crippen LogP contribution >= 0.6 is 0 Å². The summed E-state index contributed by atoms with van der Waals surface area (Å²) >= 11 is 0. The lowest BCUT2D eigenvalue weighted by Gasteiger charge is -2.31. The Morgan fingerprint density at radius 1 is 1.00 bits per heavy atom. The van der Waals surface area contributed by atoms with Crippen molar-refractivity contribution in [1.29, 1.82) is 0 Å². The van der Waals surface area contributed by atoms with Gasteiger partial charge in [0, 0.05) is 36.6 Å². The molecule has 6 nitrogen and oxygen atoms in total. The molecule has 28 heavy (non-hydrogen) atoms. The molecule has 0 saturated carbocycles. The molecular formula is C22H22N4O2. The van der Waals surface area contributed by atoms with E-state index < -0.39 is 0 Å². The highest BCUT2D eigenvalue weighted by Crippen LogP contribution is 2.36. The molecule has 1 saturated heterocycles. The van der Waals surface area contributed by atoms with Gasteiger partial charge in [-0.05, 0) is 49.6 Å². The number of ether oxygens (including phenoxy) is 1. The fourth-order valence-corrected chi connectivity index (χ4v) is 3.98.